The first kappa shape index (κ1) is 15.0. The Balaban J connectivity index is 2.00. The number of Topliss-reactive ketones (excluding diaryl/α,β-unsaturated/α-hetero) is 1. The van der Waals surface area contributed by atoms with Crippen LogP contribution in [0.2, 0.25) is 0 Å². The lowest BCUT2D eigenvalue weighted by molar-refractivity contribution is -0.156. The first-order valence-corrected chi connectivity index (χ1v) is 6.67. The molecule has 4 atom stereocenters. The summed E-state index contributed by atoms with van der Waals surface area (Å²) in [5, 5.41) is 31.1. The molecule has 0 saturated carbocycles. The Morgan fingerprint density at radius 2 is 2.25 bits per heavy atom. The smallest absolute Gasteiger partial charge is 0.263 e. The lowest BCUT2D eigenvalue weighted by Gasteiger charge is -2.22. The van der Waals surface area contributed by atoms with E-state index in [1.54, 1.807) is 0 Å². The molecule has 0 spiro atoms. The van der Waals surface area contributed by atoms with Gasteiger partial charge in [-0.2, -0.15) is 0 Å². The number of carbonyl (C=O) groups is 2. The van der Waals surface area contributed by atoms with Gasteiger partial charge in [-0.15, -0.1) is 0 Å². The van der Waals surface area contributed by atoms with Crippen molar-refractivity contribution >= 4 is 11.7 Å². The highest BCUT2D eigenvalue weighted by molar-refractivity contribution is 6.12. The van der Waals surface area contributed by atoms with E-state index in [2.05, 4.69) is 5.32 Å². The largest absolute Gasteiger partial charge is 0.483 e. The second-order valence-corrected chi connectivity index (χ2v) is 5.10. The summed E-state index contributed by atoms with van der Waals surface area (Å²) >= 11 is 0. The van der Waals surface area contributed by atoms with Gasteiger partial charge in [0.2, 0.25) is 5.60 Å². The van der Waals surface area contributed by atoms with Crippen LogP contribution >= 0.6 is 0 Å². The van der Waals surface area contributed by atoms with Crippen molar-refractivity contribution in [2.45, 2.75) is 50.0 Å². The number of hydrogen-bond donors (Lipinski definition) is 4. The van der Waals surface area contributed by atoms with E-state index in [4.69, 9.17) is 9.84 Å². The number of epoxide rings is 1. The van der Waals surface area contributed by atoms with Crippen LogP contribution in [-0.4, -0.2) is 57.5 Å². The van der Waals surface area contributed by atoms with E-state index < -0.39 is 36.0 Å². The quantitative estimate of drug-likeness (QED) is 0.352. The third-order valence-corrected chi connectivity index (χ3v) is 3.67. The molecule has 4 unspecified atom stereocenters. The minimum absolute atomic E-state index is 0.0231. The molecule has 0 aromatic rings. The maximum Gasteiger partial charge on any atom is 0.263 e. The zero-order valence-electron chi connectivity index (χ0n) is 11.2. The third kappa shape index (κ3) is 2.44. The molecule has 2 aliphatic heterocycles. The van der Waals surface area contributed by atoms with Gasteiger partial charge in [0.25, 0.3) is 5.91 Å². The van der Waals surface area contributed by atoms with Gasteiger partial charge in [0.1, 0.15) is 11.9 Å². The van der Waals surface area contributed by atoms with Crippen molar-refractivity contribution in [2.75, 3.05) is 6.61 Å². The van der Waals surface area contributed by atoms with Gasteiger partial charge in [-0.05, 0) is 12.5 Å². The molecule has 20 heavy (non-hydrogen) atoms. The summed E-state index contributed by atoms with van der Waals surface area (Å²) in [4.78, 5) is 23.6. The van der Waals surface area contributed by atoms with Crippen LogP contribution in [0.25, 0.3) is 0 Å². The molecule has 2 fully saturated rings. The molecule has 0 aliphatic carbocycles. The average molecular weight is 285 g/mol. The molecule has 1 amide bonds. The highest BCUT2D eigenvalue weighted by atomic mass is 16.6. The second-order valence-electron chi connectivity index (χ2n) is 5.10. The molecule has 0 aromatic carbocycles. The number of aliphatic hydroxyl groups is 3. The predicted octanol–water partition coefficient (Wildman–Crippen LogP) is -1.39. The van der Waals surface area contributed by atoms with Crippen molar-refractivity contribution in [2.24, 2.45) is 0 Å². The molecule has 0 aromatic heterocycles. The zero-order valence-corrected chi connectivity index (χ0v) is 11.2. The second kappa shape index (κ2) is 5.51. The van der Waals surface area contributed by atoms with E-state index in [1.165, 1.54) is 6.08 Å². The fourth-order valence-corrected chi connectivity index (χ4v) is 2.34. The number of ether oxygens (including phenoxy) is 1. The van der Waals surface area contributed by atoms with Gasteiger partial charge in [-0.25, -0.2) is 0 Å². The number of rotatable bonds is 6. The summed E-state index contributed by atoms with van der Waals surface area (Å²) in [6.45, 7) is 1.46. The van der Waals surface area contributed by atoms with Crippen LogP contribution in [0.4, 0.5) is 0 Å². The molecule has 2 rings (SSSR count). The Morgan fingerprint density at radius 3 is 2.80 bits per heavy atom. The van der Waals surface area contributed by atoms with Crippen molar-refractivity contribution in [1.82, 2.24) is 5.32 Å². The average Bonchev–Trinajstić information content (AvgIpc) is 3.13. The molecule has 2 heterocycles. The van der Waals surface area contributed by atoms with Crippen molar-refractivity contribution in [3.05, 3.63) is 11.8 Å². The highest BCUT2D eigenvalue weighted by Gasteiger charge is 2.58. The van der Waals surface area contributed by atoms with E-state index in [1.807, 2.05) is 6.92 Å². The van der Waals surface area contributed by atoms with Crippen LogP contribution in [-0.2, 0) is 14.3 Å². The topological polar surface area (TPSA) is 119 Å². The third-order valence-electron chi connectivity index (χ3n) is 3.67. The van der Waals surface area contributed by atoms with E-state index in [0.29, 0.717) is 5.76 Å². The number of aliphatic hydroxyl groups excluding tert-OH is 2. The summed E-state index contributed by atoms with van der Waals surface area (Å²) in [6, 6.07) is -1.03. The molecular formula is C13H19NO6. The van der Waals surface area contributed by atoms with E-state index >= 15 is 0 Å². The van der Waals surface area contributed by atoms with Gasteiger partial charge in [-0.3, -0.25) is 9.59 Å². The van der Waals surface area contributed by atoms with Gasteiger partial charge in [0, 0.05) is 6.42 Å². The predicted molar refractivity (Wildman–Crippen MR) is 67.5 cm³/mol. The fraction of sp³-hybridized carbons (Fsp3) is 0.692. The first-order valence-electron chi connectivity index (χ1n) is 6.67. The number of hydrogen-bond acceptors (Lipinski definition) is 6. The lowest BCUT2D eigenvalue weighted by Crippen LogP contribution is -2.53. The molecule has 7 heteroatoms. The number of ketones is 1. The van der Waals surface area contributed by atoms with Crippen molar-refractivity contribution in [3.63, 3.8) is 0 Å². The normalized spacial score (nSPS) is 37.7. The lowest BCUT2D eigenvalue weighted by atomic mass is 9.89. The van der Waals surface area contributed by atoms with E-state index in [9.17, 15) is 19.8 Å². The molecule has 2 aliphatic rings. The van der Waals surface area contributed by atoms with Crippen LogP contribution in [0.1, 0.15) is 26.2 Å². The Morgan fingerprint density at radius 1 is 1.55 bits per heavy atom. The molecule has 0 bridgehead atoms. The summed E-state index contributed by atoms with van der Waals surface area (Å²) < 4.78 is 5.22. The van der Waals surface area contributed by atoms with Crippen LogP contribution in [0.5, 0.6) is 0 Å². The summed E-state index contributed by atoms with van der Waals surface area (Å²) in [5.74, 6) is -1.11. The minimum atomic E-state index is -2.50. The SMILES string of the molecule is CCCC1OC1=CCC(=O)C1(O)C(=O)NC(CO)C1O. The van der Waals surface area contributed by atoms with Crippen LogP contribution in [0.15, 0.2) is 11.8 Å². The van der Waals surface area contributed by atoms with E-state index in [0.717, 1.165) is 12.8 Å². The van der Waals surface area contributed by atoms with Crippen LogP contribution in [0.3, 0.4) is 0 Å². The molecule has 0 radical (unpaired) electrons. The number of carbonyl (C=O) groups excluding carboxylic acids is 2. The van der Waals surface area contributed by atoms with E-state index in [-0.39, 0.29) is 12.5 Å². The summed E-state index contributed by atoms with van der Waals surface area (Å²) in [6.07, 6.45) is 1.51. The van der Waals surface area contributed by atoms with Gasteiger partial charge >= 0.3 is 0 Å². The number of amides is 1. The monoisotopic (exact) mass is 285 g/mol. The maximum absolute atomic E-state index is 12.0. The minimum Gasteiger partial charge on any atom is -0.483 e. The molecule has 2 saturated heterocycles. The van der Waals surface area contributed by atoms with Crippen LogP contribution in [0, 0.1) is 0 Å². The van der Waals surface area contributed by atoms with Crippen LogP contribution < -0.4 is 5.32 Å². The zero-order chi connectivity index (χ0) is 14.9. The Labute approximate surface area is 116 Å². The molecule has 112 valence electrons. The van der Waals surface area contributed by atoms with Crippen molar-refractivity contribution in [1.29, 1.82) is 0 Å². The Hall–Kier alpha value is -1.44. The van der Waals surface area contributed by atoms with Crippen molar-refractivity contribution < 1.29 is 29.6 Å². The standard InChI is InChI=1S/C13H19NO6/c1-2-3-8-9(20-8)4-5-10(16)13(19)11(17)7(6-15)14-12(13)18/h4,7-8,11,15,17,19H,2-3,5-6H2,1H3,(H,14,18). The van der Waals surface area contributed by atoms with Gasteiger partial charge in [0.05, 0.1) is 12.6 Å². The van der Waals surface area contributed by atoms with Gasteiger partial charge in [0.15, 0.2) is 11.9 Å². The van der Waals surface area contributed by atoms with Gasteiger partial charge in [-0.1, -0.05) is 13.3 Å². The fourth-order valence-electron chi connectivity index (χ4n) is 2.34. The van der Waals surface area contributed by atoms with Crippen molar-refractivity contribution in [3.8, 4) is 0 Å². The summed E-state index contributed by atoms with van der Waals surface area (Å²) in [5.41, 5.74) is -2.50. The van der Waals surface area contributed by atoms with Gasteiger partial charge < -0.3 is 25.4 Å². The number of nitrogens with one attached hydrogen (secondary N) is 1. The Kier molecular flexibility index (Phi) is 4.12. The number of allylic oxidation sites excluding steroid dienone is 1. The molecule has 7 nitrogen and oxygen atoms in total. The maximum atomic E-state index is 12.0. The summed E-state index contributed by atoms with van der Waals surface area (Å²) in [7, 11) is 0. The Bertz CT molecular complexity index is 448. The first-order chi connectivity index (χ1) is 9.44. The molecule has 4 N–H and O–H groups in total. The molecular weight excluding hydrogens is 266 g/mol. The highest BCUT2D eigenvalue weighted by Crippen LogP contribution is 2.32.